The quantitative estimate of drug-likeness (QED) is 0.596. The summed E-state index contributed by atoms with van der Waals surface area (Å²) in [6.45, 7) is 4.85. The van der Waals surface area contributed by atoms with Gasteiger partial charge in [-0.15, -0.1) is 24.8 Å². The molecule has 0 aromatic heterocycles. The first-order valence-electron chi connectivity index (χ1n) is 10.0. The topological polar surface area (TPSA) is 116 Å². The number of carbonyl (C=O) groups excluding carboxylic acids is 4. The second-order valence-corrected chi connectivity index (χ2v) is 7.62. The van der Waals surface area contributed by atoms with Crippen molar-refractivity contribution in [3.05, 3.63) is 29.3 Å². The van der Waals surface area contributed by atoms with Crippen LogP contribution in [0.4, 0.5) is 5.69 Å². The molecule has 0 bridgehead atoms. The Kier molecular flexibility index (Phi) is 8.41. The lowest BCUT2D eigenvalue weighted by Gasteiger charge is -2.36. The molecule has 1 atom stereocenters. The summed E-state index contributed by atoms with van der Waals surface area (Å²) in [6.07, 6.45) is 1.22. The van der Waals surface area contributed by atoms with Crippen molar-refractivity contribution in [1.82, 2.24) is 15.1 Å². The number of piperazine rings is 1. The number of hydrogen-bond acceptors (Lipinski definition) is 7. The molecule has 2 saturated heterocycles. The summed E-state index contributed by atoms with van der Waals surface area (Å²) in [5.41, 5.74) is 7.00. The van der Waals surface area contributed by atoms with Crippen molar-refractivity contribution in [3.63, 3.8) is 0 Å². The van der Waals surface area contributed by atoms with Crippen molar-refractivity contribution in [2.75, 3.05) is 44.2 Å². The maximum Gasteiger partial charge on any atom is 0.264 e. The van der Waals surface area contributed by atoms with Gasteiger partial charge >= 0.3 is 0 Å². The molecule has 170 valence electrons. The molecule has 1 aromatic rings. The minimum absolute atomic E-state index is 0. The molecule has 3 aliphatic rings. The SMILES string of the molecule is Cl.Cl.NCCCN1CCN(c2cccc3c2C(=O)N(C2CCC(=O)NC2=O)C3=O)CC1. The van der Waals surface area contributed by atoms with Crippen molar-refractivity contribution in [2.24, 2.45) is 5.73 Å². The lowest BCUT2D eigenvalue weighted by atomic mass is 10.0. The van der Waals surface area contributed by atoms with Crippen molar-refractivity contribution in [3.8, 4) is 0 Å². The molecule has 0 spiro atoms. The Morgan fingerprint density at radius 3 is 2.35 bits per heavy atom. The number of imide groups is 2. The highest BCUT2D eigenvalue weighted by atomic mass is 35.5. The summed E-state index contributed by atoms with van der Waals surface area (Å²) in [5.74, 6) is -1.90. The lowest BCUT2D eigenvalue weighted by molar-refractivity contribution is -0.136. The Labute approximate surface area is 193 Å². The standard InChI is InChI=1S/C20H25N5O4.2ClH/c21-7-2-8-23-9-11-24(12-10-23)14-4-1-3-13-17(14)20(29)25(19(13)28)15-5-6-16(26)22-18(15)27;;/h1,3-4,15H,2,5-12,21H2,(H,22,26,27);2*1H. The Balaban J connectivity index is 0.00000171. The van der Waals surface area contributed by atoms with Gasteiger partial charge in [0.05, 0.1) is 16.8 Å². The maximum absolute atomic E-state index is 13.2. The van der Waals surface area contributed by atoms with Gasteiger partial charge in [-0.3, -0.25) is 34.3 Å². The van der Waals surface area contributed by atoms with Gasteiger partial charge in [0.1, 0.15) is 6.04 Å². The number of carbonyl (C=O) groups is 4. The van der Waals surface area contributed by atoms with Crippen LogP contribution in [0.15, 0.2) is 18.2 Å². The average Bonchev–Trinajstić information content (AvgIpc) is 2.98. The van der Waals surface area contributed by atoms with E-state index in [1.54, 1.807) is 12.1 Å². The van der Waals surface area contributed by atoms with Crippen LogP contribution < -0.4 is 16.0 Å². The number of nitrogens with two attached hydrogens (primary N) is 1. The van der Waals surface area contributed by atoms with E-state index in [4.69, 9.17) is 5.73 Å². The number of nitrogens with zero attached hydrogens (tertiary/aromatic N) is 3. The van der Waals surface area contributed by atoms with Crippen molar-refractivity contribution in [1.29, 1.82) is 0 Å². The zero-order valence-electron chi connectivity index (χ0n) is 17.0. The molecule has 2 fully saturated rings. The van der Waals surface area contributed by atoms with Crippen LogP contribution in [0.5, 0.6) is 0 Å². The monoisotopic (exact) mass is 471 g/mol. The molecule has 3 aliphatic heterocycles. The van der Waals surface area contributed by atoms with E-state index >= 15 is 0 Å². The molecule has 0 radical (unpaired) electrons. The van der Waals surface area contributed by atoms with E-state index in [1.807, 2.05) is 6.07 Å². The molecule has 3 N–H and O–H groups in total. The number of rotatable bonds is 5. The summed E-state index contributed by atoms with van der Waals surface area (Å²) in [4.78, 5) is 55.3. The van der Waals surface area contributed by atoms with Crippen LogP contribution in [0.1, 0.15) is 40.0 Å². The van der Waals surface area contributed by atoms with Crippen molar-refractivity contribution in [2.45, 2.75) is 25.3 Å². The number of anilines is 1. The Bertz CT molecular complexity index is 873. The summed E-state index contributed by atoms with van der Waals surface area (Å²) >= 11 is 0. The first-order chi connectivity index (χ1) is 14.0. The van der Waals surface area contributed by atoms with E-state index in [-0.39, 0.29) is 43.6 Å². The number of fused-ring (bicyclic) bond motifs is 1. The van der Waals surface area contributed by atoms with Crippen LogP contribution in [0.2, 0.25) is 0 Å². The molecular weight excluding hydrogens is 445 g/mol. The molecule has 3 heterocycles. The minimum Gasteiger partial charge on any atom is -0.368 e. The first-order valence-corrected chi connectivity index (χ1v) is 10.0. The van der Waals surface area contributed by atoms with E-state index in [0.717, 1.165) is 49.7 Å². The van der Waals surface area contributed by atoms with E-state index in [1.165, 1.54) is 0 Å². The highest BCUT2D eigenvalue weighted by Gasteiger charge is 2.46. The molecule has 31 heavy (non-hydrogen) atoms. The Hall–Kier alpha value is -2.20. The summed E-state index contributed by atoms with van der Waals surface area (Å²) in [5, 5.41) is 2.22. The highest BCUT2D eigenvalue weighted by Crippen LogP contribution is 2.34. The van der Waals surface area contributed by atoms with Gasteiger partial charge in [-0.1, -0.05) is 6.07 Å². The summed E-state index contributed by atoms with van der Waals surface area (Å²) < 4.78 is 0. The number of halogens is 2. The second kappa shape index (κ2) is 10.4. The van der Waals surface area contributed by atoms with E-state index < -0.39 is 23.8 Å². The number of amides is 4. The maximum atomic E-state index is 13.2. The normalized spacial score (nSPS) is 21.4. The molecular formula is C20H27Cl2N5O4. The highest BCUT2D eigenvalue weighted by molar-refractivity contribution is 6.25. The van der Waals surface area contributed by atoms with Crippen LogP contribution >= 0.6 is 24.8 Å². The predicted molar refractivity (Wildman–Crippen MR) is 120 cm³/mol. The summed E-state index contributed by atoms with van der Waals surface area (Å²) in [6, 6.07) is 4.31. The van der Waals surface area contributed by atoms with Crippen molar-refractivity contribution >= 4 is 54.1 Å². The van der Waals surface area contributed by atoms with Crippen LogP contribution in [-0.4, -0.2) is 78.7 Å². The van der Waals surface area contributed by atoms with Gasteiger partial charge in [-0.25, -0.2) is 0 Å². The van der Waals surface area contributed by atoms with E-state index in [9.17, 15) is 19.2 Å². The van der Waals surface area contributed by atoms with Crippen LogP contribution in [0.25, 0.3) is 0 Å². The Morgan fingerprint density at radius 2 is 1.71 bits per heavy atom. The third-order valence-electron chi connectivity index (χ3n) is 5.84. The number of piperidine rings is 1. The Morgan fingerprint density at radius 1 is 1.00 bits per heavy atom. The summed E-state index contributed by atoms with van der Waals surface area (Å²) in [7, 11) is 0. The van der Waals surface area contributed by atoms with Gasteiger partial charge in [0.25, 0.3) is 11.8 Å². The number of hydrogen-bond donors (Lipinski definition) is 2. The van der Waals surface area contributed by atoms with Gasteiger partial charge in [-0.05, 0) is 38.1 Å². The minimum atomic E-state index is -0.943. The molecule has 9 nitrogen and oxygen atoms in total. The fourth-order valence-corrected chi connectivity index (χ4v) is 4.29. The van der Waals surface area contributed by atoms with Gasteiger partial charge in [0, 0.05) is 32.6 Å². The third-order valence-corrected chi connectivity index (χ3v) is 5.84. The molecule has 11 heteroatoms. The fourth-order valence-electron chi connectivity index (χ4n) is 4.29. The molecule has 0 aliphatic carbocycles. The van der Waals surface area contributed by atoms with Crippen LogP contribution in [0, 0.1) is 0 Å². The van der Waals surface area contributed by atoms with Gasteiger partial charge in [0.15, 0.2) is 0 Å². The predicted octanol–water partition coefficient (Wildman–Crippen LogP) is 0.402. The molecule has 4 rings (SSSR count). The zero-order valence-corrected chi connectivity index (χ0v) is 18.7. The van der Waals surface area contributed by atoms with Gasteiger partial charge in [0.2, 0.25) is 11.8 Å². The van der Waals surface area contributed by atoms with Gasteiger partial charge < -0.3 is 10.6 Å². The van der Waals surface area contributed by atoms with Crippen LogP contribution in [-0.2, 0) is 9.59 Å². The smallest absolute Gasteiger partial charge is 0.264 e. The first kappa shape index (κ1) is 25.1. The van der Waals surface area contributed by atoms with E-state index in [0.29, 0.717) is 17.7 Å². The third kappa shape index (κ3) is 4.69. The number of benzene rings is 1. The average molecular weight is 472 g/mol. The lowest BCUT2D eigenvalue weighted by Crippen LogP contribution is -2.54. The largest absolute Gasteiger partial charge is 0.368 e. The molecule has 1 unspecified atom stereocenters. The fraction of sp³-hybridized carbons (Fsp3) is 0.500. The molecule has 4 amide bonds. The van der Waals surface area contributed by atoms with E-state index in [2.05, 4.69) is 15.1 Å². The van der Waals surface area contributed by atoms with Gasteiger partial charge in [-0.2, -0.15) is 0 Å². The molecule has 1 aromatic carbocycles. The number of nitrogens with one attached hydrogen (secondary N) is 1. The van der Waals surface area contributed by atoms with Crippen LogP contribution in [0.3, 0.4) is 0 Å². The zero-order chi connectivity index (χ0) is 20.5. The van der Waals surface area contributed by atoms with Crippen molar-refractivity contribution < 1.29 is 19.2 Å². The second-order valence-electron chi connectivity index (χ2n) is 7.62. The molecule has 0 saturated carbocycles.